The van der Waals surface area contributed by atoms with Crippen LogP contribution < -0.4 is 5.32 Å². The van der Waals surface area contributed by atoms with Crippen LogP contribution >= 0.6 is 0 Å². The molecule has 96 valence electrons. The van der Waals surface area contributed by atoms with Crippen LogP contribution in [0.4, 0.5) is 0 Å². The van der Waals surface area contributed by atoms with Gasteiger partial charge in [0.1, 0.15) is 0 Å². The lowest BCUT2D eigenvalue weighted by Gasteiger charge is -2.37. The van der Waals surface area contributed by atoms with Gasteiger partial charge in [-0.15, -0.1) is 0 Å². The van der Waals surface area contributed by atoms with Crippen LogP contribution in [0.1, 0.15) is 44.9 Å². The third-order valence-electron chi connectivity index (χ3n) is 4.85. The Hall–Kier alpha value is -0.590. The maximum atomic E-state index is 8.81. The van der Waals surface area contributed by atoms with Crippen molar-refractivity contribution in [1.82, 2.24) is 10.2 Å². The first kappa shape index (κ1) is 12.9. The first-order valence-electron chi connectivity index (χ1n) is 6.88. The van der Waals surface area contributed by atoms with E-state index in [0.29, 0.717) is 11.0 Å². The Morgan fingerprint density at radius 3 is 2.24 bits per heavy atom. The van der Waals surface area contributed by atoms with Gasteiger partial charge in [-0.3, -0.25) is 0 Å². The molecule has 0 aromatic carbocycles. The molecule has 0 radical (unpaired) electrons. The normalized spacial score (nSPS) is 24.8. The SMILES string of the molecule is CN(C)C1(CNCC2(CC#N)CC2)CCCC1. The number of nitriles is 1. The van der Waals surface area contributed by atoms with Crippen molar-refractivity contribution in [1.29, 1.82) is 5.26 Å². The number of nitrogens with zero attached hydrogens (tertiary/aromatic N) is 2. The largest absolute Gasteiger partial charge is 0.314 e. The van der Waals surface area contributed by atoms with Gasteiger partial charge in [0.2, 0.25) is 0 Å². The molecule has 3 heteroatoms. The monoisotopic (exact) mass is 235 g/mol. The third kappa shape index (κ3) is 2.81. The zero-order valence-electron chi connectivity index (χ0n) is 11.3. The standard InChI is InChI=1S/C14H25N3/c1-17(2)14(5-3-4-6-14)12-16-11-13(7-8-13)9-10-15/h16H,3-9,11-12H2,1-2H3. The minimum atomic E-state index is 0.334. The molecule has 0 aromatic rings. The van der Waals surface area contributed by atoms with Gasteiger partial charge in [0.05, 0.1) is 6.07 Å². The summed E-state index contributed by atoms with van der Waals surface area (Å²) in [4.78, 5) is 2.40. The topological polar surface area (TPSA) is 39.1 Å². The first-order valence-corrected chi connectivity index (χ1v) is 6.88. The van der Waals surface area contributed by atoms with Crippen molar-refractivity contribution < 1.29 is 0 Å². The van der Waals surface area contributed by atoms with Crippen molar-refractivity contribution in [3.05, 3.63) is 0 Å². The van der Waals surface area contributed by atoms with Crippen LogP contribution in [0.2, 0.25) is 0 Å². The molecule has 2 saturated carbocycles. The molecule has 0 spiro atoms. The highest BCUT2D eigenvalue weighted by molar-refractivity contribution is 5.02. The van der Waals surface area contributed by atoms with Crippen molar-refractivity contribution in [2.45, 2.75) is 50.5 Å². The van der Waals surface area contributed by atoms with E-state index in [-0.39, 0.29) is 0 Å². The van der Waals surface area contributed by atoms with E-state index in [4.69, 9.17) is 5.26 Å². The lowest BCUT2D eigenvalue weighted by molar-refractivity contribution is 0.151. The predicted octanol–water partition coefficient (Wildman–Crippen LogP) is 2.14. The van der Waals surface area contributed by atoms with Crippen LogP contribution in [-0.4, -0.2) is 37.6 Å². The minimum Gasteiger partial charge on any atom is -0.314 e. The summed E-state index contributed by atoms with van der Waals surface area (Å²) in [7, 11) is 4.41. The summed E-state index contributed by atoms with van der Waals surface area (Å²) < 4.78 is 0. The first-order chi connectivity index (χ1) is 8.13. The van der Waals surface area contributed by atoms with E-state index in [0.717, 1.165) is 19.5 Å². The van der Waals surface area contributed by atoms with Crippen molar-refractivity contribution in [3.63, 3.8) is 0 Å². The average Bonchev–Trinajstić information content (AvgIpc) is 2.88. The number of nitrogens with one attached hydrogen (secondary N) is 1. The third-order valence-corrected chi connectivity index (χ3v) is 4.85. The Balaban J connectivity index is 1.79. The van der Waals surface area contributed by atoms with Gasteiger partial charge in [-0.05, 0) is 45.2 Å². The average molecular weight is 235 g/mol. The molecule has 0 saturated heterocycles. The molecule has 0 bridgehead atoms. The van der Waals surface area contributed by atoms with Crippen molar-refractivity contribution >= 4 is 0 Å². The van der Waals surface area contributed by atoms with E-state index in [9.17, 15) is 0 Å². The molecule has 2 aliphatic carbocycles. The second-order valence-corrected chi connectivity index (χ2v) is 6.26. The molecule has 2 aliphatic rings. The van der Waals surface area contributed by atoms with Gasteiger partial charge in [-0.25, -0.2) is 0 Å². The van der Waals surface area contributed by atoms with Gasteiger partial charge < -0.3 is 10.2 Å². The van der Waals surface area contributed by atoms with Crippen LogP contribution in [0.3, 0.4) is 0 Å². The van der Waals surface area contributed by atoms with E-state index >= 15 is 0 Å². The molecule has 2 rings (SSSR count). The van der Waals surface area contributed by atoms with Crippen molar-refractivity contribution in [3.8, 4) is 6.07 Å². The molecule has 0 aromatic heterocycles. The summed E-state index contributed by atoms with van der Waals surface area (Å²) in [5, 5.41) is 12.4. The number of hydrogen-bond acceptors (Lipinski definition) is 3. The summed E-state index contributed by atoms with van der Waals surface area (Å²) in [5.74, 6) is 0. The summed E-state index contributed by atoms with van der Waals surface area (Å²) >= 11 is 0. The fourth-order valence-electron chi connectivity index (χ4n) is 3.14. The van der Waals surface area contributed by atoms with Crippen LogP contribution in [0.15, 0.2) is 0 Å². The van der Waals surface area contributed by atoms with Crippen LogP contribution in [0.25, 0.3) is 0 Å². The molecule has 0 heterocycles. The predicted molar refractivity (Wildman–Crippen MR) is 69.7 cm³/mol. The number of hydrogen-bond donors (Lipinski definition) is 1. The Morgan fingerprint density at radius 1 is 1.12 bits per heavy atom. The molecule has 0 atom stereocenters. The highest BCUT2D eigenvalue weighted by Crippen LogP contribution is 2.48. The summed E-state index contributed by atoms with van der Waals surface area (Å²) in [6.07, 6.45) is 8.57. The van der Waals surface area contributed by atoms with Gasteiger partial charge in [0.25, 0.3) is 0 Å². The molecule has 3 nitrogen and oxygen atoms in total. The van der Waals surface area contributed by atoms with Gasteiger partial charge in [-0.2, -0.15) is 5.26 Å². The Labute approximate surface area is 105 Å². The second-order valence-electron chi connectivity index (χ2n) is 6.26. The summed E-state index contributed by atoms with van der Waals surface area (Å²) in [6.45, 7) is 2.13. The lowest BCUT2D eigenvalue weighted by Crippen LogP contribution is -2.50. The number of likely N-dealkylation sites (N-methyl/N-ethyl adjacent to an activating group) is 1. The Morgan fingerprint density at radius 2 is 1.76 bits per heavy atom. The van der Waals surface area contributed by atoms with E-state index in [2.05, 4.69) is 30.4 Å². The van der Waals surface area contributed by atoms with Crippen molar-refractivity contribution in [2.24, 2.45) is 5.41 Å². The molecule has 0 aliphatic heterocycles. The van der Waals surface area contributed by atoms with Crippen LogP contribution in [0.5, 0.6) is 0 Å². The fraction of sp³-hybridized carbons (Fsp3) is 0.929. The molecule has 0 amide bonds. The van der Waals surface area contributed by atoms with Crippen LogP contribution in [-0.2, 0) is 0 Å². The molecule has 1 N–H and O–H groups in total. The lowest BCUT2D eigenvalue weighted by atomic mass is 9.95. The summed E-state index contributed by atoms with van der Waals surface area (Å²) in [5.41, 5.74) is 0.712. The van der Waals surface area contributed by atoms with E-state index < -0.39 is 0 Å². The summed E-state index contributed by atoms with van der Waals surface area (Å²) in [6, 6.07) is 2.33. The highest BCUT2D eigenvalue weighted by Gasteiger charge is 2.43. The van der Waals surface area contributed by atoms with E-state index in [1.54, 1.807) is 0 Å². The van der Waals surface area contributed by atoms with E-state index in [1.165, 1.54) is 38.5 Å². The van der Waals surface area contributed by atoms with Gasteiger partial charge >= 0.3 is 0 Å². The van der Waals surface area contributed by atoms with Crippen molar-refractivity contribution in [2.75, 3.05) is 27.2 Å². The quantitative estimate of drug-likeness (QED) is 0.766. The van der Waals surface area contributed by atoms with Gasteiger partial charge in [0, 0.05) is 25.0 Å². The second kappa shape index (κ2) is 4.96. The maximum absolute atomic E-state index is 8.81. The molecular formula is C14H25N3. The zero-order valence-corrected chi connectivity index (χ0v) is 11.3. The Bertz CT molecular complexity index is 293. The molecule has 17 heavy (non-hydrogen) atoms. The number of rotatable bonds is 6. The highest BCUT2D eigenvalue weighted by atomic mass is 15.2. The van der Waals surface area contributed by atoms with Gasteiger partial charge in [0.15, 0.2) is 0 Å². The molecule has 0 unspecified atom stereocenters. The molecule has 2 fully saturated rings. The Kier molecular flexibility index (Phi) is 3.75. The minimum absolute atomic E-state index is 0.334. The fourth-order valence-corrected chi connectivity index (χ4v) is 3.14. The maximum Gasteiger partial charge on any atom is 0.0628 e. The molecular weight excluding hydrogens is 210 g/mol. The van der Waals surface area contributed by atoms with Gasteiger partial charge in [-0.1, -0.05) is 12.8 Å². The van der Waals surface area contributed by atoms with E-state index in [1.807, 2.05) is 0 Å². The zero-order chi connectivity index (χ0) is 12.4. The smallest absolute Gasteiger partial charge is 0.0628 e. The van der Waals surface area contributed by atoms with Crippen LogP contribution in [0, 0.1) is 16.7 Å².